The Kier molecular flexibility index (Phi) is 4.62. The van der Waals surface area contributed by atoms with Crippen LogP contribution in [-0.2, 0) is 6.42 Å². The lowest BCUT2D eigenvalue weighted by Gasteiger charge is -2.14. The van der Waals surface area contributed by atoms with Gasteiger partial charge >= 0.3 is 0 Å². The second-order valence-electron chi connectivity index (χ2n) is 5.41. The van der Waals surface area contributed by atoms with Crippen LogP contribution < -0.4 is 4.90 Å². The summed E-state index contributed by atoms with van der Waals surface area (Å²) in [5.74, 6) is 0.620. The average Bonchev–Trinajstić information content (AvgIpc) is 2.46. The summed E-state index contributed by atoms with van der Waals surface area (Å²) in [4.78, 5) is 2.14. The molecule has 0 unspecified atom stereocenters. The minimum Gasteiger partial charge on any atom is -0.378 e. The van der Waals surface area contributed by atoms with Gasteiger partial charge in [-0.3, -0.25) is 0 Å². The molecule has 1 nitrogen and oxygen atoms in total. The Balaban J connectivity index is 1.92. The van der Waals surface area contributed by atoms with Crippen LogP contribution in [0.3, 0.4) is 0 Å². The third-order valence-electron chi connectivity index (χ3n) is 3.69. The molecule has 0 N–H and O–H groups in total. The van der Waals surface area contributed by atoms with Crippen molar-refractivity contribution in [3.8, 4) is 0 Å². The molecule has 0 radical (unpaired) electrons. The lowest BCUT2D eigenvalue weighted by atomic mass is 9.94. The van der Waals surface area contributed by atoms with Gasteiger partial charge in [0.2, 0.25) is 0 Å². The molecule has 2 rings (SSSR count). The third-order valence-corrected chi connectivity index (χ3v) is 3.69. The maximum atomic E-state index is 2.31. The Morgan fingerprint density at radius 1 is 0.895 bits per heavy atom. The van der Waals surface area contributed by atoms with Gasteiger partial charge in [-0.15, -0.1) is 0 Å². The molecule has 0 heterocycles. The van der Waals surface area contributed by atoms with Crippen LogP contribution in [0.2, 0.25) is 0 Å². The first-order chi connectivity index (χ1) is 9.16. The van der Waals surface area contributed by atoms with Crippen LogP contribution in [0.1, 0.15) is 30.4 Å². The van der Waals surface area contributed by atoms with E-state index in [0.29, 0.717) is 5.92 Å². The van der Waals surface area contributed by atoms with Crippen molar-refractivity contribution < 1.29 is 0 Å². The molecule has 1 atom stereocenters. The highest BCUT2D eigenvalue weighted by molar-refractivity contribution is 5.46. The first kappa shape index (κ1) is 13.7. The second-order valence-corrected chi connectivity index (χ2v) is 5.41. The molecule has 0 aromatic heterocycles. The van der Waals surface area contributed by atoms with Crippen molar-refractivity contribution >= 4 is 5.69 Å². The van der Waals surface area contributed by atoms with Crippen LogP contribution in [0.25, 0.3) is 0 Å². The van der Waals surface area contributed by atoms with Gasteiger partial charge in [0.05, 0.1) is 0 Å². The topological polar surface area (TPSA) is 3.24 Å². The van der Waals surface area contributed by atoms with Crippen molar-refractivity contribution in [2.45, 2.75) is 25.7 Å². The lowest BCUT2D eigenvalue weighted by Crippen LogP contribution is -2.08. The zero-order valence-electron chi connectivity index (χ0n) is 12.1. The molecule has 0 aliphatic rings. The zero-order valence-corrected chi connectivity index (χ0v) is 12.1. The van der Waals surface area contributed by atoms with Crippen LogP contribution >= 0.6 is 0 Å². The molecule has 0 spiro atoms. The fourth-order valence-corrected chi connectivity index (χ4v) is 2.29. The molecular weight excluding hydrogens is 230 g/mol. The van der Waals surface area contributed by atoms with Crippen molar-refractivity contribution in [3.05, 3.63) is 65.7 Å². The zero-order chi connectivity index (χ0) is 13.7. The molecule has 0 aliphatic carbocycles. The maximum Gasteiger partial charge on any atom is 0.0361 e. The highest BCUT2D eigenvalue weighted by Crippen LogP contribution is 2.21. The first-order valence-electron chi connectivity index (χ1n) is 6.98. The third kappa shape index (κ3) is 3.85. The van der Waals surface area contributed by atoms with Crippen LogP contribution in [0.15, 0.2) is 54.6 Å². The largest absolute Gasteiger partial charge is 0.378 e. The van der Waals surface area contributed by atoms with Crippen molar-refractivity contribution in [2.24, 2.45) is 0 Å². The van der Waals surface area contributed by atoms with E-state index in [2.05, 4.69) is 80.5 Å². The van der Waals surface area contributed by atoms with Gasteiger partial charge in [-0.2, -0.15) is 0 Å². The van der Waals surface area contributed by atoms with E-state index in [9.17, 15) is 0 Å². The lowest BCUT2D eigenvalue weighted by molar-refractivity contribution is 0.679. The molecule has 2 aromatic rings. The van der Waals surface area contributed by atoms with Crippen molar-refractivity contribution in [3.63, 3.8) is 0 Å². The minimum atomic E-state index is 0.620. The summed E-state index contributed by atoms with van der Waals surface area (Å²) in [7, 11) is 4.15. The van der Waals surface area contributed by atoms with E-state index in [1.807, 2.05) is 0 Å². The van der Waals surface area contributed by atoms with E-state index in [0.717, 1.165) is 6.42 Å². The fourth-order valence-electron chi connectivity index (χ4n) is 2.29. The van der Waals surface area contributed by atoms with E-state index in [1.54, 1.807) is 0 Å². The van der Waals surface area contributed by atoms with Gasteiger partial charge in [0.1, 0.15) is 0 Å². The van der Waals surface area contributed by atoms with E-state index >= 15 is 0 Å². The smallest absolute Gasteiger partial charge is 0.0361 e. The number of hydrogen-bond acceptors (Lipinski definition) is 1. The summed E-state index contributed by atoms with van der Waals surface area (Å²) >= 11 is 0. The average molecular weight is 253 g/mol. The standard InChI is InChI=1S/C18H23N/c1-15(17-7-5-4-6-8-17)9-10-16-11-13-18(14-12-16)19(2)3/h4-8,11-15H,9-10H2,1-3H3/t15-/m0/s1. The quantitative estimate of drug-likeness (QED) is 0.759. The summed E-state index contributed by atoms with van der Waals surface area (Å²) in [6, 6.07) is 19.6. The molecule has 100 valence electrons. The van der Waals surface area contributed by atoms with Gasteiger partial charge in [-0.25, -0.2) is 0 Å². The highest BCUT2D eigenvalue weighted by atomic mass is 15.1. The monoisotopic (exact) mass is 253 g/mol. The van der Waals surface area contributed by atoms with Gasteiger partial charge in [0.25, 0.3) is 0 Å². The molecular formula is C18H23N. The minimum absolute atomic E-state index is 0.620. The van der Waals surface area contributed by atoms with Gasteiger partial charge in [0, 0.05) is 19.8 Å². The summed E-state index contributed by atoms with van der Waals surface area (Å²) < 4.78 is 0. The second kappa shape index (κ2) is 6.42. The van der Waals surface area contributed by atoms with Crippen molar-refractivity contribution in [2.75, 3.05) is 19.0 Å². The number of hydrogen-bond donors (Lipinski definition) is 0. The van der Waals surface area contributed by atoms with E-state index in [-0.39, 0.29) is 0 Å². The maximum absolute atomic E-state index is 2.31. The predicted molar refractivity (Wildman–Crippen MR) is 83.9 cm³/mol. The Morgan fingerprint density at radius 2 is 1.53 bits per heavy atom. The van der Waals surface area contributed by atoms with Gasteiger partial charge in [0.15, 0.2) is 0 Å². The predicted octanol–water partition coefficient (Wildman–Crippen LogP) is 4.49. The Hall–Kier alpha value is -1.76. The SMILES string of the molecule is C[C@@H](CCc1ccc(N(C)C)cc1)c1ccccc1. The number of benzene rings is 2. The summed E-state index contributed by atoms with van der Waals surface area (Å²) in [5, 5.41) is 0. The molecule has 0 fully saturated rings. The Labute approximate surface area is 116 Å². The van der Waals surface area contributed by atoms with E-state index < -0.39 is 0 Å². The molecule has 2 aromatic carbocycles. The summed E-state index contributed by atoms with van der Waals surface area (Å²) in [5.41, 5.74) is 4.13. The Morgan fingerprint density at radius 3 is 2.11 bits per heavy atom. The van der Waals surface area contributed by atoms with Crippen molar-refractivity contribution in [1.29, 1.82) is 0 Å². The molecule has 19 heavy (non-hydrogen) atoms. The van der Waals surface area contributed by atoms with E-state index in [1.165, 1.54) is 23.2 Å². The number of rotatable bonds is 5. The summed E-state index contributed by atoms with van der Waals surface area (Å²) in [6.07, 6.45) is 2.34. The number of anilines is 1. The first-order valence-corrected chi connectivity index (χ1v) is 6.98. The van der Waals surface area contributed by atoms with Gasteiger partial charge in [-0.1, -0.05) is 49.4 Å². The molecule has 0 bridgehead atoms. The van der Waals surface area contributed by atoms with Gasteiger partial charge in [-0.05, 0) is 42.0 Å². The van der Waals surface area contributed by atoms with Gasteiger partial charge < -0.3 is 4.90 Å². The van der Waals surface area contributed by atoms with Crippen molar-refractivity contribution in [1.82, 2.24) is 0 Å². The summed E-state index contributed by atoms with van der Waals surface area (Å²) in [6.45, 7) is 2.31. The Bertz CT molecular complexity index is 485. The number of nitrogens with zero attached hydrogens (tertiary/aromatic N) is 1. The van der Waals surface area contributed by atoms with Crippen LogP contribution in [0.4, 0.5) is 5.69 Å². The molecule has 1 heteroatoms. The molecule has 0 amide bonds. The van der Waals surface area contributed by atoms with Crippen LogP contribution in [0, 0.1) is 0 Å². The molecule has 0 saturated heterocycles. The van der Waals surface area contributed by atoms with Crippen LogP contribution in [0.5, 0.6) is 0 Å². The normalized spacial score (nSPS) is 12.2. The number of aryl methyl sites for hydroxylation is 1. The molecule has 0 aliphatic heterocycles. The fraction of sp³-hybridized carbons (Fsp3) is 0.333. The van der Waals surface area contributed by atoms with Crippen LogP contribution in [-0.4, -0.2) is 14.1 Å². The highest BCUT2D eigenvalue weighted by Gasteiger charge is 2.05. The van der Waals surface area contributed by atoms with E-state index in [4.69, 9.17) is 0 Å². The molecule has 0 saturated carbocycles.